The van der Waals surface area contributed by atoms with Gasteiger partial charge in [0, 0.05) is 5.69 Å². The Morgan fingerprint density at radius 2 is 1.62 bits per heavy atom. The van der Waals surface area contributed by atoms with Crippen molar-refractivity contribution in [3.63, 3.8) is 0 Å². The lowest BCUT2D eigenvalue weighted by Crippen LogP contribution is -2.33. The van der Waals surface area contributed by atoms with Crippen LogP contribution in [0.1, 0.15) is 11.1 Å². The van der Waals surface area contributed by atoms with Crippen molar-refractivity contribution in [2.24, 2.45) is 0 Å². The van der Waals surface area contributed by atoms with E-state index in [4.69, 9.17) is 5.73 Å². The summed E-state index contributed by atoms with van der Waals surface area (Å²) in [7, 11) is -4.65. The van der Waals surface area contributed by atoms with Crippen LogP contribution in [0, 0.1) is 0 Å². The summed E-state index contributed by atoms with van der Waals surface area (Å²) in [4.78, 5) is 10.8. The number of nitrogens with two attached hydrogens (primary N) is 1. The third kappa shape index (κ3) is 4.25. The number of hydrogen-bond acceptors (Lipinski definition) is 4. The number of carbonyl (C=O) groups is 1. The Labute approximate surface area is 136 Å². The largest absolute Gasteiger partial charge is 0.417 e. The summed E-state index contributed by atoms with van der Waals surface area (Å²) >= 11 is 0. The van der Waals surface area contributed by atoms with Crippen LogP contribution in [0.2, 0.25) is 0 Å². The zero-order chi connectivity index (χ0) is 18.0. The molecule has 0 saturated heterocycles. The molecular formula is C15H13F3N2O3S. The molecule has 2 aromatic carbocycles. The number of sulfonamides is 1. The van der Waals surface area contributed by atoms with Crippen molar-refractivity contribution >= 4 is 21.6 Å². The highest BCUT2D eigenvalue weighted by atomic mass is 32.2. The van der Waals surface area contributed by atoms with Gasteiger partial charge in [-0.05, 0) is 29.8 Å². The van der Waals surface area contributed by atoms with Gasteiger partial charge < -0.3 is 5.73 Å². The zero-order valence-corrected chi connectivity index (χ0v) is 13.0. The quantitative estimate of drug-likeness (QED) is 0.821. The number of hydrogen-bond donors (Lipinski definition) is 2. The first-order chi connectivity index (χ1) is 11.1. The van der Waals surface area contributed by atoms with Crippen LogP contribution in [0.15, 0.2) is 53.4 Å². The standard InChI is InChI=1S/C15H13F3N2O3S/c16-15(17,18)12-3-1-2-4-13(12)24(22,23)20-14(21)9-10-5-7-11(19)8-6-10/h1-8H,9,19H2,(H,20,21). The Balaban J connectivity index is 2.23. The van der Waals surface area contributed by atoms with E-state index in [0.717, 1.165) is 18.2 Å². The van der Waals surface area contributed by atoms with Crippen LogP contribution >= 0.6 is 0 Å². The summed E-state index contributed by atoms with van der Waals surface area (Å²) in [6.45, 7) is 0. The van der Waals surface area contributed by atoms with E-state index in [2.05, 4.69) is 0 Å². The Kier molecular flexibility index (Phi) is 4.83. The maximum absolute atomic E-state index is 12.9. The molecule has 0 aliphatic rings. The first-order valence-electron chi connectivity index (χ1n) is 6.66. The molecule has 1 amide bonds. The monoisotopic (exact) mass is 358 g/mol. The molecule has 2 aromatic rings. The SMILES string of the molecule is Nc1ccc(CC(=O)NS(=O)(=O)c2ccccc2C(F)(F)F)cc1. The highest BCUT2D eigenvalue weighted by molar-refractivity contribution is 7.90. The zero-order valence-electron chi connectivity index (χ0n) is 12.2. The smallest absolute Gasteiger partial charge is 0.399 e. The molecule has 2 rings (SSSR count). The van der Waals surface area contributed by atoms with Crippen molar-refractivity contribution in [3.05, 3.63) is 59.7 Å². The van der Waals surface area contributed by atoms with Crippen molar-refractivity contribution in [1.29, 1.82) is 0 Å². The number of rotatable bonds is 4. The number of amides is 1. The fourth-order valence-electron chi connectivity index (χ4n) is 2.00. The van der Waals surface area contributed by atoms with Gasteiger partial charge in [-0.3, -0.25) is 4.79 Å². The van der Waals surface area contributed by atoms with Crippen LogP contribution in [-0.4, -0.2) is 14.3 Å². The minimum absolute atomic E-state index is 0.312. The minimum Gasteiger partial charge on any atom is -0.399 e. The van der Waals surface area contributed by atoms with E-state index in [-0.39, 0.29) is 6.42 Å². The molecule has 0 aliphatic heterocycles. The number of carbonyl (C=O) groups excluding carboxylic acids is 1. The number of benzene rings is 2. The Morgan fingerprint density at radius 1 is 1.04 bits per heavy atom. The van der Waals surface area contributed by atoms with Crippen LogP contribution in [0.25, 0.3) is 0 Å². The van der Waals surface area contributed by atoms with E-state index >= 15 is 0 Å². The Morgan fingerprint density at radius 3 is 2.21 bits per heavy atom. The molecule has 0 aliphatic carbocycles. The molecule has 0 heterocycles. The van der Waals surface area contributed by atoms with Crippen LogP contribution in [0.4, 0.5) is 18.9 Å². The first-order valence-corrected chi connectivity index (χ1v) is 8.14. The van der Waals surface area contributed by atoms with E-state index in [1.165, 1.54) is 24.3 Å². The summed E-state index contributed by atoms with van der Waals surface area (Å²) in [5.41, 5.74) is 5.09. The van der Waals surface area contributed by atoms with E-state index < -0.39 is 32.6 Å². The fraction of sp³-hybridized carbons (Fsp3) is 0.133. The van der Waals surface area contributed by atoms with E-state index in [1.807, 2.05) is 0 Å². The molecule has 24 heavy (non-hydrogen) atoms. The lowest BCUT2D eigenvalue weighted by Gasteiger charge is -2.13. The van der Waals surface area contributed by atoms with Crippen molar-refractivity contribution in [1.82, 2.24) is 4.72 Å². The Bertz CT molecular complexity index is 847. The molecule has 9 heteroatoms. The second kappa shape index (κ2) is 6.52. The summed E-state index contributed by atoms with van der Waals surface area (Å²) in [5, 5.41) is 0. The van der Waals surface area contributed by atoms with Gasteiger partial charge in [0.1, 0.15) is 0 Å². The molecule has 0 fully saturated rings. The molecule has 0 saturated carbocycles. The maximum atomic E-state index is 12.9. The van der Waals surface area contributed by atoms with Crippen LogP contribution in [0.5, 0.6) is 0 Å². The van der Waals surface area contributed by atoms with Crippen LogP contribution in [0.3, 0.4) is 0 Å². The van der Waals surface area contributed by atoms with E-state index in [1.54, 1.807) is 4.72 Å². The molecule has 128 valence electrons. The maximum Gasteiger partial charge on any atom is 0.417 e. The van der Waals surface area contributed by atoms with Gasteiger partial charge in [0.25, 0.3) is 10.0 Å². The highest BCUT2D eigenvalue weighted by Gasteiger charge is 2.37. The third-order valence-electron chi connectivity index (χ3n) is 3.07. The van der Waals surface area contributed by atoms with Gasteiger partial charge in [0.05, 0.1) is 16.9 Å². The lowest BCUT2D eigenvalue weighted by molar-refractivity contribution is -0.140. The molecule has 0 bridgehead atoms. The summed E-state index contributed by atoms with van der Waals surface area (Å²) in [6.07, 6.45) is -5.17. The van der Waals surface area contributed by atoms with Gasteiger partial charge in [-0.25, -0.2) is 13.1 Å². The fourth-order valence-corrected chi connectivity index (χ4v) is 3.21. The second-order valence-corrected chi connectivity index (χ2v) is 6.59. The number of alkyl halides is 3. The number of halogens is 3. The van der Waals surface area contributed by atoms with Gasteiger partial charge in [0.15, 0.2) is 0 Å². The van der Waals surface area contributed by atoms with Gasteiger partial charge in [-0.1, -0.05) is 24.3 Å². The van der Waals surface area contributed by atoms with Crippen molar-refractivity contribution in [2.75, 3.05) is 5.73 Å². The van der Waals surface area contributed by atoms with Gasteiger partial charge in [0.2, 0.25) is 5.91 Å². The summed E-state index contributed by atoms with van der Waals surface area (Å²) in [6, 6.07) is 9.73. The van der Waals surface area contributed by atoms with Crippen LogP contribution < -0.4 is 10.5 Å². The van der Waals surface area contributed by atoms with Gasteiger partial charge in [-0.2, -0.15) is 13.2 Å². The third-order valence-corrected chi connectivity index (χ3v) is 4.51. The molecule has 0 radical (unpaired) electrons. The predicted octanol–water partition coefficient (Wildman–Crippen LogP) is 2.34. The highest BCUT2D eigenvalue weighted by Crippen LogP contribution is 2.33. The number of nitrogens with one attached hydrogen (secondary N) is 1. The van der Waals surface area contributed by atoms with E-state index in [0.29, 0.717) is 17.3 Å². The molecule has 0 atom stereocenters. The molecule has 5 nitrogen and oxygen atoms in total. The number of anilines is 1. The van der Waals surface area contributed by atoms with Crippen molar-refractivity contribution < 1.29 is 26.4 Å². The number of nitrogen functional groups attached to an aromatic ring is 1. The summed E-state index contributed by atoms with van der Waals surface area (Å²) < 4.78 is 64.6. The molecular weight excluding hydrogens is 345 g/mol. The van der Waals surface area contributed by atoms with Crippen molar-refractivity contribution in [3.8, 4) is 0 Å². The average molecular weight is 358 g/mol. The molecule has 0 aromatic heterocycles. The van der Waals surface area contributed by atoms with Crippen LogP contribution in [-0.2, 0) is 27.4 Å². The lowest BCUT2D eigenvalue weighted by atomic mass is 10.1. The normalized spacial score (nSPS) is 12.0. The topological polar surface area (TPSA) is 89.3 Å². The average Bonchev–Trinajstić information content (AvgIpc) is 2.48. The summed E-state index contributed by atoms with van der Waals surface area (Å²) in [5.74, 6) is -0.947. The predicted molar refractivity (Wildman–Crippen MR) is 81.3 cm³/mol. The first kappa shape index (κ1) is 17.8. The molecule has 0 unspecified atom stereocenters. The molecule has 0 spiro atoms. The second-order valence-electron chi connectivity index (χ2n) is 4.94. The Hall–Kier alpha value is -2.55. The van der Waals surface area contributed by atoms with Crippen molar-refractivity contribution in [2.45, 2.75) is 17.5 Å². The molecule has 3 N–H and O–H groups in total. The van der Waals surface area contributed by atoms with Gasteiger partial charge >= 0.3 is 6.18 Å². The van der Waals surface area contributed by atoms with Gasteiger partial charge in [-0.15, -0.1) is 0 Å². The van der Waals surface area contributed by atoms with E-state index in [9.17, 15) is 26.4 Å². The minimum atomic E-state index is -4.86.